The molecule has 0 aliphatic carbocycles. The van der Waals surface area contributed by atoms with Crippen molar-refractivity contribution in [3.05, 3.63) is 39.8 Å². The van der Waals surface area contributed by atoms with Crippen molar-refractivity contribution in [3.63, 3.8) is 0 Å². The summed E-state index contributed by atoms with van der Waals surface area (Å²) in [6.07, 6.45) is 4.75. The van der Waals surface area contributed by atoms with Gasteiger partial charge in [-0.2, -0.15) is 0 Å². The van der Waals surface area contributed by atoms with E-state index in [1.54, 1.807) is 6.20 Å². The van der Waals surface area contributed by atoms with Gasteiger partial charge in [0, 0.05) is 16.5 Å². The molecule has 1 aromatic heterocycles. The molecule has 3 nitrogen and oxygen atoms in total. The third kappa shape index (κ3) is 4.08. The Balaban J connectivity index is 1.97. The maximum absolute atomic E-state index is 6.25. The molecule has 0 saturated heterocycles. The molecule has 1 aromatic carbocycles. The van der Waals surface area contributed by atoms with E-state index >= 15 is 0 Å². The summed E-state index contributed by atoms with van der Waals surface area (Å²) >= 11 is 9.67. The molecule has 0 radical (unpaired) electrons. The summed E-state index contributed by atoms with van der Waals surface area (Å²) in [6, 6.07) is 5.77. The van der Waals surface area contributed by atoms with Gasteiger partial charge >= 0.3 is 0 Å². The average molecular weight is 358 g/mol. The van der Waals surface area contributed by atoms with Crippen LogP contribution in [0.2, 0.25) is 5.02 Å². The predicted molar refractivity (Wildman–Crippen MR) is 86.1 cm³/mol. The molecule has 0 aliphatic rings. The van der Waals surface area contributed by atoms with Gasteiger partial charge in [-0.1, -0.05) is 24.6 Å². The highest BCUT2D eigenvalue weighted by atomic mass is 79.9. The molecule has 0 saturated carbocycles. The molecule has 108 valence electrons. The van der Waals surface area contributed by atoms with Gasteiger partial charge in [0.15, 0.2) is 11.7 Å². The Hall–Kier alpha value is -0.840. The molecule has 20 heavy (non-hydrogen) atoms. The summed E-state index contributed by atoms with van der Waals surface area (Å²) in [7, 11) is 0. The minimum Gasteiger partial charge on any atom is -0.441 e. The summed E-state index contributed by atoms with van der Waals surface area (Å²) < 4.78 is 6.63. The van der Waals surface area contributed by atoms with Gasteiger partial charge in [0.05, 0.1) is 11.2 Å². The van der Waals surface area contributed by atoms with E-state index in [0.717, 1.165) is 48.3 Å². The van der Waals surface area contributed by atoms with Crippen LogP contribution in [-0.2, 0) is 6.42 Å². The van der Waals surface area contributed by atoms with Crippen molar-refractivity contribution >= 4 is 27.5 Å². The smallest absolute Gasteiger partial charge is 0.194 e. The van der Waals surface area contributed by atoms with Crippen LogP contribution in [0, 0.1) is 0 Å². The molecule has 0 aliphatic heterocycles. The number of nitrogens with zero attached hydrogens (tertiary/aromatic N) is 1. The van der Waals surface area contributed by atoms with Gasteiger partial charge in [-0.05, 0) is 54.0 Å². The molecule has 0 spiro atoms. The predicted octanol–water partition coefficient (Wildman–Crippen LogP) is 4.69. The maximum atomic E-state index is 6.25. The molecule has 2 rings (SSSR count). The first-order valence-electron chi connectivity index (χ1n) is 6.82. The lowest BCUT2D eigenvalue weighted by Gasteiger charge is -2.02. The molecule has 0 atom stereocenters. The Labute approximate surface area is 132 Å². The second-order valence-electron chi connectivity index (χ2n) is 4.57. The number of hydrogen-bond acceptors (Lipinski definition) is 3. The van der Waals surface area contributed by atoms with E-state index < -0.39 is 0 Å². The Bertz CT molecular complexity index is 557. The minimum atomic E-state index is 0.653. The van der Waals surface area contributed by atoms with Gasteiger partial charge in [0.1, 0.15) is 0 Å². The first kappa shape index (κ1) is 15.5. The lowest BCUT2D eigenvalue weighted by atomic mass is 10.2. The minimum absolute atomic E-state index is 0.653. The fourth-order valence-electron chi connectivity index (χ4n) is 1.91. The van der Waals surface area contributed by atoms with Crippen LogP contribution in [-0.4, -0.2) is 18.1 Å². The maximum Gasteiger partial charge on any atom is 0.194 e. The van der Waals surface area contributed by atoms with Crippen molar-refractivity contribution < 1.29 is 4.42 Å². The van der Waals surface area contributed by atoms with Gasteiger partial charge in [-0.15, -0.1) is 0 Å². The number of aryl methyl sites for hydroxylation is 1. The fraction of sp³-hybridized carbons (Fsp3) is 0.400. The normalized spacial score (nSPS) is 10.9. The number of halogens is 2. The van der Waals surface area contributed by atoms with E-state index in [0.29, 0.717) is 10.8 Å². The number of benzene rings is 1. The van der Waals surface area contributed by atoms with Crippen molar-refractivity contribution in [3.8, 4) is 11.3 Å². The van der Waals surface area contributed by atoms with E-state index in [-0.39, 0.29) is 0 Å². The van der Waals surface area contributed by atoms with Crippen molar-refractivity contribution in [2.75, 3.05) is 13.1 Å². The summed E-state index contributed by atoms with van der Waals surface area (Å²) in [4.78, 5) is 4.31. The SMILES string of the molecule is CCCNCCCc1ncc(-c2cccc(Br)c2Cl)o1. The third-order valence-corrected chi connectivity index (χ3v) is 4.24. The van der Waals surface area contributed by atoms with Gasteiger partial charge < -0.3 is 9.73 Å². The summed E-state index contributed by atoms with van der Waals surface area (Å²) in [5, 5.41) is 4.02. The topological polar surface area (TPSA) is 38.1 Å². The summed E-state index contributed by atoms with van der Waals surface area (Å²) in [6.45, 7) is 4.21. The van der Waals surface area contributed by atoms with Crippen LogP contribution < -0.4 is 5.32 Å². The van der Waals surface area contributed by atoms with E-state index in [1.165, 1.54) is 0 Å². The second kappa shape index (κ2) is 7.81. The van der Waals surface area contributed by atoms with Crippen molar-refractivity contribution in [1.29, 1.82) is 0 Å². The first-order valence-corrected chi connectivity index (χ1v) is 7.99. The highest BCUT2D eigenvalue weighted by Gasteiger charge is 2.11. The van der Waals surface area contributed by atoms with Crippen LogP contribution in [0.3, 0.4) is 0 Å². The van der Waals surface area contributed by atoms with E-state index in [9.17, 15) is 0 Å². The molecule has 0 bridgehead atoms. The van der Waals surface area contributed by atoms with Crippen LogP contribution >= 0.6 is 27.5 Å². The quantitative estimate of drug-likeness (QED) is 0.731. The van der Waals surface area contributed by atoms with Gasteiger partial charge in [-0.3, -0.25) is 0 Å². The Morgan fingerprint density at radius 3 is 3.00 bits per heavy atom. The van der Waals surface area contributed by atoms with Gasteiger partial charge in [-0.25, -0.2) is 4.98 Å². The molecule has 1 heterocycles. The molecule has 1 N–H and O–H groups in total. The fourth-order valence-corrected chi connectivity index (χ4v) is 2.50. The van der Waals surface area contributed by atoms with Crippen LogP contribution in [0.25, 0.3) is 11.3 Å². The lowest BCUT2D eigenvalue weighted by molar-refractivity contribution is 0.491. The average Bonchev–Trinajstić information content (AvgIpc) is 2.90. The summed E-state index contributed by atoms with van der Waals surface area (Å²) in [5.74, 6) is 1.47. The third-order valence-electron chi connectivity index (χ3n) is 2.94. The Morgan fingerprint density at radius 2 is 2.20 bits per heavy atom. The number of hydrogen-bond donors (Lipinski definition) is 1. The number of oxazole rings is 1. The lowest BCUT2D eigenvalue weighted by Crippen LogP contribution is -2.16. The zero-order valence-corrected chi connectivity index (χ0v) is 13.8. The van der Waals surface area contributed by atoms with Crippen molar-refractivity contribution in [2.45, 2.75) is 26.2 Å². The first-order chi connectivity index (χ1) is 9.72. The van der Waals surface area contributed by atoms with Crippen LogP contribution in [0.4, 0.5) is 0 Å². The number of aromatic nitrogens is 1. The van der Waals surface area contributed by atoms with Crippen LogP contribution in [0.15, 0.2) is 33.3 Å². The van der Waals surface area contributed by atoms with E-state index in [4.69, 9.17) is 16.0 Å². The summed E-state index contributed by atoms with van der Waals surface area (Å²) in [5.41, 5.74) is 0.865. The largest absolute Gasteiger partial charge is 0.441 e. The monoisotopic (exact) mass is 356 g/mol. The number of nitrogens with one attached hydrogen (secondary N) is 1. The van der Waals surface area contributed by atoms with Crippen LogP contribution in [0.5, 0.6) is 0 Å². The zero-order chi connectivity index (χ0) is 14.4. The highest BCUT2D eigenvalue weighted by molar-refractivity contribution is 9.10. The molecule has 0 amide bonds. The second-order valence-corrected chi connectivity index (χ2v) is 5.81. The molecular weight excluding hydrogens is 340 g/mol. The Morgan fingerprint density at radius 1 is 1.35 bits per heavy atom. The highest BCUT2D eigenvalue weighted by Crippen LogP contribution is 2.33. The van der Waals surface area contributed by atoms with Crippen molar-refractivity contribution in [1.82, 2.24) is 10.3 Å². The van der Waals surface area contributed by atoms with E-state index in [1.807, 2.05) is 18.2 Å². The molecule has 0 fully saturated rings. The van der Waals surface area contributed by atoms with Gasteiger partial charge in [0.25, 0.3) is 0 Å². The molecular formula is C15H18BrClN2O. The molecule has 2 aromatic rings. The van der Waals surface area contributed by atoms with Crippen molar-refractivity contribution in [2.24, 2.45) is 0 Å². The van der Waals surface area contributed by atoms with E-state index in [2.05, 4.69) is 33.2 Å². The zero-order valence-electron chi connectivity index (χ0n) is 11.5. The number of rotatable bonds is 7. The van der Waals surface area contributed by atoms with Crippen LogP contribution in [0.1, 0.15) is 25.7 Å². The standard InChI is InChI=1S/C15H18BrClN2O/c1-2-8-18-9-4-7-14-19-10-13(20-14)11-5-3-6-12(16)15(11)17/h3,5-6,10,18H,2,4,7-9H2,1H3. The molecule has 5 heteroatoms. The Kier molecular flexibility index (Phi) is 6.07. The molecule has 0 unspecified atom stereocenters. The van der Waals surface area contributed by atoms with Gasteiger partial charge in [0.2, 0.25) is 0 Å².